The maximum absolute atomic E-state index is 11.9. The minimum atomic E-state index is -0.906. The molecule has 0 atom stereocenters. The molecule has 0 unspecified atom stereocenters. The van der Waals surface area contributed by atoms with Crippen LogP contribution in [0.4, 0.5) is 0 Å². The van der Waals surface area contributed by atoms with Crippen molar-refractivity contribution >= 4 is 11.9 Å². The van der Waals surface area contributed by atoms with E-state index < -0.39 is 17.9 Å². The van der Waals surface area contributed by atoms with Gasteiger partial charge in [0.05, 0.1) is 17.1 Å². The molecule has 3 rings (SSSR count). The van der Waals surface area contributed by atoms with E-state index in [2.05, 4.69) is 0 Å². The fourth-order valence-electron chi connectivity index (χ4n) is 2.51. The number of hydrogen-bond acceptors (Lipinski definition) is 6. The van der Waals surface area contributed by atoms with Gasteiger partial charge in [-0.1, -0.05) is 30.3 Å². The summed E-state index contributed by atoms with van der Waals surface area (Å²) >= 11 is 0. The third kappa shape index (κ3) is 2.14. The monoisotopic (exact) mass is 288 g/mol. The first-order valence-electron chi connectivity index (χ1n) is 6.32. The van der Waals surface area contributed by atoms with Crippen molar-refractivity contribution < 1.29 is 29.3 Å². The Morgan fingerprint density at radius 3 is 1.71 bits per heavy atom. The lowest BCUT2D eigenvalue weighted by atomic mass is 9.84. The summed E-state index contributed by atoms with van der Waals surface area (Å²) in [6.45, 7) is -0.471. The van der Waals surface area contributed by atoms with Crippen LogP contribution in [0.15, 0.2) is 53.0 Å². The molecule has 0 radical (unpaired) electrons. The van der Waals surface area contributed by atoms with Gasteiger partial charge in [-0.2, -0.15) is 0 Å². The summed E-state index contributed by atoms with van der Waals surface area (Å²) in [6, 6.07) is 8.64. The molecular weight excluding hydrogens is 276 g/mol. The molecule has 6 nitrogen and oxygen atoms in total. The Morgan fingerprint density at radius 2 is 1.33 bits per heavy atom. The molecule has 0 saturated carbocycles. The molecule has 21 heavy (non-hydrogen) atoms. The van der Waals surface area contributed by atoms with Crippen molar-refractivity contribution in [1.82, 2.24) is 0 Å². The van der Waals surface area contributed by atoms with E-state index in [1.165, 1.54) is 0 Å². The molecule has 0 saturated heterocycles. The second kappa shape index (κ2) is 4.97. The number of carbonyl (C=O) groups is 2. The van der Waals surface area contributed by atoms with Crippen LogP contribution in [-0.2, 0) is 19.1 Å². The molecule has 108 valence electrons. The molecule has 2 aliphatic rings. The largest absolute Gasteiger partial charge is 0.508 e. The highest BCUT2D eigenvalue weighted by Gasteiger charge is 2.41. The van der Waals surface area contributed by atoms with Crippen LogP contribution in [0, 0.1) is 0 Å². The van der Waals surface area contributed by atoms with Gasteiger partial charge in [-0.25, -0.2) is 9.59 Å². The molecule has 0 aliphatic carbocycles. The zero-order chi connectivity index (χ0) is 15.0. The van der Waals surface area contributed by atoms with Crippen LogP contribution in [0.2, 0.25) is 0 Å². The standard InChI is InChI=1S/C15H12O6/c16-9-6-20-14(18)12(9)11(8-4-2-1-3-5-8)13-10(17)7-21-15(13)19/h1-5,11,16-17H,6-7H2. The van der Waals surface area contributed by atoms with Gasteiger partial charge in [0.2, 0.25) is 0 Å². The molecule has 0 fully saturated rings. The SMILES string of the molecule is O=C1OCC(O)=C1C(C1=C(O)COC1=O)c1ccccc1. The minimum absolute atomic E-state index is 0.0402. The number of hydrogen-bond donors (Lipinski definition) is 2. The van der Waals surface area contributed by atoms with Gasteiger partial charge in [0.25, 0.3) is 0 Å². The highest BCUT2D eigenvalue weighted by molar-refractivity contribution is 6.00. The topological polar surface area (TPSA) is 93.1 Å². The van der Waals surface area contributed by atoms with Crippen molar-refractivity contribution in [2.45, 2.75) is 5.92 Å². The zero-order valence-electron chi connectivity index (χ0n) is 10.9. The van der Waals surface area contributed by atoms with Crippen LogP contribution in [-0.4, -0.2) is 35.4 Å². The number of esters is 2. The first kappa shape index (κ1) is 13.2. The second-order valence-electron chi connectivity index (χ2n) is 4.72. The van der Waals surface area contributed by atoms with Crippen LogP contribution in [0.1, 0.15) is 11.5 Å². The summed E-state index contributed by atoms with van der Waals surface area (Å²) in [5, 5.41) is 19.8. The Kier molecular flexibility index (Phi) is 3.13. The van der Waals surface area contributed by atoms with E-state index in [0.29, 0.717) is 5.56 Å². The van der Waals surface area contributed by atoms with Crippen LogP contribution >= 0.6 is 0 Å². The van der Waals surface area contributed by atoms with Gasteiger partial charge in [-0.3, -0.25) is 0 Å². The third-order valence-electron chi connectivity index (χ3n) is 3.45. The van der Waals surface area contributed by atoms with Crippen molar-refractivity contribution in [2.75, 3.05) is 13.2 Å². The summed E-state index contributed by atoms with van der Waals surface area (Å²) in [5.41, 5.74) is 0.501. The Hall–Kier alpha value is -2.76. The maximum atomic E-state index is 11.9. The number of rotatable bonds is 3. The van der Waals surface area contributed by atoms with E-state index in [1.807, 2.05) is 0 Å². The lowest BCUT2D eigenvalue weighted by Crippen LogP contribution is -2.17. The Bertz CT molecular complexity index is 631. The maximum Gasteiger partial charge on any atom is 0.338 e. The van der Waals surface area contributed by atoms with E-state index in [0.717, 1.165) is 0 Å². The van der Waals surface area contributed by atoms with Gasteiger partial charge in [-0.05, 0) is 5.56 Å². The van der Waals surface area contributed by atoms with Crippen molar-refractivity contribution in [1.29, 1.82) is 0 Å². The van der Waals surface area contributed by atoms with Gasteiger partial charge in [-0.15, -0.1) is 0 Å². The summed E-state index contributed by atoms with van der Waals surface area (Å²) in [5.74, 6) is -2.80. The summed E-state index contributed by atoms with van der Waals surface area (Å²) in [7, 11) is 0. The van der Waals surface area contributed by atoms with Crippen LogP contribution in [0.5, 0.6) is 0 Å². The van der Waals surface area contributed by atoms with Crippen LogP contribution < -0.4 is 0 Å². The summed E-state index contributed by atoms with van der Waals surface area (Å²) < 4.78 is 9.58. The van der Waals surface area contributed by atoms with E-state index in [1.54, 1.807) is 30.3 Å². The lowest BCUT2D eigenvalue weighted by molar-refractivity contribution is -0.136. The molecule has 6 heteroatoms. The van der Waals surface area contributed by atoms with Gasteiger partial charge < -0.3 is 19.7 Å². The Labute approximate surface area is 119 Å². The second-order valence-corrected chi connectivity index (χ2v) is 4.72. The van der Waals surface area contributed by atoms with Gasteiger partial charge >= 0.3 is 11.9 Å². The smallest absolute Gasteiger partial charge is 0.338 e. The molecule has 1 aromatic rings. The molecule has 0 spiro atoms. The van der Waals surface area contributed by atoms with Gasteiger partial charge in [0, 0.05) is 0 Å². The average Bonchev–Trinajstić information content (AvgIpc) is 2.98. The summed E-state index contributed by atoms with van der Waals surface area (Å²) in [6.07, 6.45) is 0. The summed E-state index contributed by atoms with van der Waals surface area (Å²) in [4.78, 5) is 23.7. The predicted octanol–water partition coefficient (Wildman–Crippen LogP) is 1.51. The van der Waals surface area contributed by atoms with Gasteiger partial charge in [0.15, 0.2) is 0 Å². The van der Waals surface area contributed by atoms with Crippen LogP contribution in [0.25, 0.3) is 0 Å². The molecule has 0 bridgehead atoms. The van der Waals surface area contributed by atoms with Crippen molar-refractivity contribution in [3.63, 3.8) is 0 Å². The number of benzene rings is 1. The molecule has 0 amide bonds. The average molecular weight is 288 g/mol. The van der Waals surface area contributed by atoms with E-state index >= 15 is 0 Å². The molecule has 2 heterocycles. The lowest BCUT2D eigenvalue weighted by Gasteiger charge is -2.17. The molecular formula is C15H12O6. The third-order valence-corrected chi connectivity index (χ3v) is 3.45. The number of cyclic esters (lactones) is 2. The van der Waals surface area contributed by atoms with Gasteiger partial charge in [0.1, 0.15) is 24.7 Å². The van der Waals surface area contributed by atoms with Crippen LogP contribution in [0.3, 0.4) is 0 Å². The Morgan fingerprint density at radius 1 is 0.857 bits per heavy atom. The molecule has 2 N–H and O–H groups in total. The number of aliphatic hydroxyl groups is 2. The van der Waals surface area contributed by atoms with E-state index in [-0.39, 0.29) is 35.9 Å². The first-order valence-corrected chi connectivity index (χ1v) is 6.32. The molecule has 0 aromatic heterocycles. The zero-order valence-corrected chi connectivity index (χ0v) is 10.9. The van der Waals surface area contributed by atoms with E-state index in [4.69, 9.17) is 9.47 Å². The quantitative estimate of drug-likeness (QED) is 0.819. The number of carbonyl (C=O) groups excluding carboxylic acids is 2. The van der Waals surface area contributed by atoms with Crippen molar-refractivity contribution in [3.8, 4) is 0 Å². The Balaban J connectivity index is 2.18. The first-order chi connectivity index (χ1) is 10.1. The minimum Gasteiger partial charge on any atom is -0.508 e. The molecule has 2 aliphatic heterocycles. The predicted molar refractivity (Wildman–Crippen MR) is 70.4 cm³/mol. The van der Waals surface area contributed by atoms with Crippen molar-refractivity contribution in [3.05, 3.63) is 58.6 Å². The number of ether oxygens (including phenoxy) is 2. The normalized spacial score (nSPS) is 18.5. The fraction of sp³-hybridized carbons (Fsp3) is 0.200. The molecule has 1 aromatic carbocycles. The van der Waals surface area contributed by atoms with E-state index in [9.17, 15) is 19.8 Å². The number of aliphatic hydroxyl groups excluding tert-OH is 2. The fourth-order valence-corrected chi connectivity index (χ4v) is 2.51. The highest BCUT2D eigenvalue weighted by atomic mass is 16.6. The highest BCUT2D eigenvalue weighted by Crippen LogP contribution is 2.39. The van der Waals surface area contributed by atoms with Crippen molar-refractivity contribution in [2.24, 2.45) is 0 Å².